The molecule has 0 saturated carbocycles. The molecule has 1 aliphatic rings. The Bertz CT molecular complexity index is 291. The molecule has 1 fully saturated rings. The molecule has 0 N–H and O–H groups in total. The van der Waals surface area contributed by atoms with Gasteiger partial charge in [0.1, 0.15) is 0 Å². The predicted octanol–water partition coefficient (Wildman–Crippen LogP) is 1.000. The number of piperidine rings is 1. The van der Waals surface area contributed by atoms with Crippen LogP contribution in [0.3, 0.4) is 0 Å². The van der Waals surface area contributed by atoms with Crippen molar-refractivity contribution in [1.29, 1.82) is 0 Å². The lowest BCUT2D eigenvalue weighted by atomic mass is 9.97. The second-order valence-electron chi connectivity index (χ2n) is 4.59. The number of sulfonamides is 1. The summed E-state index contributed by atoms with van der Waals surface area (Å²) in [5.41, 5.74) is 0. The molecule has 96 valence electrons. The Balaban J connectivity index is 2.38. The minimum Gasteiger partial charge on any atom is -0.304 e. The molecular formula is C11H24N2O2S. The highest BCUT2D eigenvalue weighted by molar-refractivity contribution is 7.88. The molecule has 0 aromatic carbocycles. The summed E-state index contributed by atoms with van der Waals surface area (Å²) in [5, 5.41) is 0. The quantitative estimate of drug-likeness (QED) is 0.729. The van der Waals surface area contributed by atoms with Gasteiger partial charge < -0.3 is 4.90 Å². The molecule has 0 radical (unpaired) electrons. The van der Waals surface area contributed by atoms with Crippen LogP contribution in [0.15, 0.2) is 0 Å². The molecule has 0 aliphatic carbocycles. The number of hydrogen-bond acceptors (Lipinski definition) is 3. The van der Waals surface area contributed by atoms with E-state index in [2.05, 4.69) is 18.7 Å². The summed E-state index contributed by atoms with van der Waals surface area (Å²) in [6.07, 6.45) is 3.31. The fraction of sp³-hybridized carbons (Fsp3) is 1.00. The second-order valence-corrected chi connectivity index (χ2v) is 6.57. The maximum absolute atomic E-state index is 11.3. The predicted molar refractivity (Wildman–Crippen MR) is 66.9 cm³/mol. The van der Waals surface area contributed by atoms with Crippen molar-refractivity contribution >= 4 is 10.0 Å². The molecule has 0 aromatic rings. The van der Waals surface area contributed by atoms with E-state index in [1.54, 1.807) is 4.31 Å². The lowest BCUT2D eigenvalue weighted by Crippen LogP contribution is -2.41. The van der Waals surface area contributed by atoms with Crippen LogP contribution in [-0.4, -0.2) is 56.6 Å². The van der Waals surface area contributed by atoms with Gasteiger partial charge in [-0.1, -0.05) is 13.8 Å². The van der Waals surface area contributed by atoms with Crippen LogP contribution in [0.25, 0.3) is 0 Å². The van der Waals surface area contributed by atoms with Crippen LogP contribution in [-0.2, 0) is 10.0 Å². The second kappa shape index (κ2) is 5.98. The largest absolute Gasteiger partial charge is 0.304 e. The zero-order valence-electron chi connectivity index (χ0n) is 10.6. The summed E-state index contributed by atoms with van der Waals surface area (Å²) >= 11 is 0. The van der Waals surface area contributed by atoms with Gasteiger partial charge in [0.2, 0.25) is 10.0 Å². The molecule has 0 spiro atoms. The van der Waals surface area contributed by atoms with Crippen molar-refractivity contribution in [2.24, 2.45) is 5.92 Å². The van der Waals surface area contributed by atoms with Gasteiger partial charge in [-0.25, -0.2) is 12.7 Å². The van der Waals surface area contributed by atoms with E-state index in [4.69, 9.17) is 0 Å². The molecule has 0 atom stereocenters. The van der Waals surface area contributed by atoms with Gasteiger partial charge in [-0.05, 0) is 31.8 Å². The Kier molecular flexibility index (Phi) is 5.21. The zero-order valence-corrected chi connectivity index (χ0v) is 11.5. The Hall–Kier alpha value is -0.130. The van der Waals surface area contributed by atoms with E-state index in [-0.39, 0.29) is 0 Å². The van der Waals surface area contributed by atoms with Crippen LogP contribution in [0, 0.1) is 5.92 Å². The summed E-state index contributed by atoms with van der Waals surface area (Å²) in [7, 11) is -2.97. The fourth-order valence-corrected chi connectivity index (χ4v) is 3.14. The van der Waals surface area contributed by atoms with Crippen LogP contribution < -0.4 is 0 Å². The van der Waals surface area contributed by atoms with Gasteiger partial charge >= 0.3 is 0 Å². The Morgan fingerprint density at radius 1 is 1.19 bits per heavy atom. The molecule has 16 heavy (non-hydrogen) atoms. The summed E-state index contributed by atoms with van der Waals surface area (Å²) < 4.78 is 24.3. The molecule has 0 aromatic heterocycles. The minimum absolute atomic E-state index is 0.665. The van der Waals surface area contributed by atoms with E-state index in [9.17, 15) is 8.42 Å². The standard InChI is InChI=1S/C11H24N2O2S/c1-4-12(5-2)10-11-6-8-13(9-7-11)16(3,14)15/h11H,4-10H2,1-3H3. The van der Waals surface area contributed by atoms with Crippen molar-refractivity contribution in [1.82, 2.24) is 9.21 Å². The molecule has 0 bridgehead atoms. The Morgan fingerprint density at radius 2 is 1.69 bits per heavy atom. The molecule has 0 amide bonds. The molecule has 1 aliphatic heterocycles. The molecule has 1 heterocycles. The average Bonchev–Trinajstić information content (AvgIpc) is 2.25. The van der Waals surface area contributed by atoms with Crippen LogP contribution >= 0.6 is 0 Å². The number of nitrogens with zero attached hydrogens (tertiary/aromatic N) is 2. The van der Waals surface area contributed by atoms with Crippen molar-refractivity contribution < 1.29 is 8.42 Å². The summed E-state index contributed by atoms with van der Waals surface area (Å²) in [4.78, 5) is 2.42. The highest BCUT2D eigenvalue weighted by Crippen LogP contribution is 2.19. The smallest absolute Gasteiger partial charge is 0.211 e. The first kappa shape index (κ1) is 13.9. The molecule has 5 heteroatoms. The fourth-order valence-electron chi connectivity index (χ4n) is 2.27. The maximum atomic E-state index is 11.3. The molecule has 4 nitrogen and oxygen atoms in total. The Morgan fingerprint density at radius 3 is 2.06 bits per heavy atom. The topological polar surface area (TPSA) is 40.6 Å². The van der Waals surface area contributed by atoms with Gasteiger partial charge in [-0.3, -0.25) is 0 Å². The van der Waals surface area contributed by atoms with Crippen LogP contribution in [0.2, 0.25) is 0 Å². The summed E-state index contributed by atoms with van der Waals surface area (Å²) in [6, 6.07) is 0. The van der Waals surface area contributed by atoms with Gasteiger partial charge in [-0.15, -0.1) is 0 Å². The van der Waals surface area contributed by atoms with E-state index < -0.39 is 10.0 Å². The lowest BCUT2D eigenvalue weighted by molar-refractivity contribution is 0.194. The lowest BCUT2D eigenvalue weighted by Gasteiger charge is -2.33. The third-order valence-corrected chi connectivity index (χ3v) is 4.76. The van der Waals surface area contributed by atoms with Gasteiger partial charge in [0, 0.05) is 19.6 Å². The van der Waals surface area contributed by atoms with Crippen LogP contribution in [0.4, 0.5) is 0 Å². The van der Waals surface area contributed by atoms with Gasteiger partial charge in [0.15, 0.2) is 0 Å². The number of rotatable bonds is 5. The van der Waals surface area contributed by atoms with Gasteiger partial charge in [0.05, 0.1) is 6.26 Å². The van der Waals surface area contributed by atoms with E-state index in [1.807, 2.05) is 0 Å². The first-order valence-corrected chi connectivity index (χ1v) is 7.99. The normalized spacial score (nSPS) is 20.5. The van der Waals surface area contributed by atoms with E-state index in [0.29, 0.717) is 19.0 Å². The molecular weight excluding hydrogens is 224 g/mol. The molecule has 1 rings (SSSR count). The van der Waals surface area contributed by atoms with Crippen molar-refractivity contribution in [2.45, 2.75) is 26.7 Å². The van der Waals surface area contributed by atoms with Gasteiger partial charge in [0.25, 0.3) is 0 Å². The average molecular weight is 248 g/mol. The monoisotopic (exact) mass is 248 g/mol. The first-order valence-electron chi connectivity index (χ1n) is 6.14. The van der Waals surface area contributed by atoms with E-state index in [1.165, 1.54) is 6.26 Å². The van der Waals surface area contributed by atoms with Crippen LogP contribution in [0.1, 0.15) is 26.7 Å². The third-order valence-electron chi connectivity index (χ3n) is 3.45. The third kappa shape index (κ3) is 4.03. The highest BCUT2D eigenvalue weighted by atomic mass is 32.2. The minimum atomic E-state index is -2.97. The van der Waals surface area contributed by atoms with Gasteiger partial charge in [-0.2, -0.15) is 0 Å². The summed E-state index contributed by atoms with van der Waals surface area (Å²) in [6.45, 7) is 9.04. The van der Waals surface area contributed by atoms with Crippen LogP contribution in [0.5, 0.6) is 0 Å². The maximum Gasteiger partial charge on any atom is 0.211 e. The molecule has 1 saturated heterocycles. The van der Waals surface area contributed by atoms with Crippen molar-refractivity contribution in [2.75, 3.05) is 39.0 Å². The summed E-state index contributed by atoms with van der Waals surface area (Å²) in [5.74, 6) is 0.665. The van der Waals surface area contributed by atoms with Crippen molar-refractivity contribution in [3.63, 3.8) is 0 Å². The molecule has 0 unspecified atom stereocenters. The van der Waals surface area contributed by atoms with E-state index >= 15 is 0 Å². The highest BCUT2D eigenvalue weighted by Gasteiger charge is 2.25. The SMILES string of the molecule is CCN(CC)CC1CCN(S(C)(=O)=O)CC1. The van der Waals surface area contributed by atoms with Crippen molar-refractivity contribution in [3.8, 4) is 0 Å². The Labute approximate surface area is 99.7 Å². The van der Waals surface area contributed by atoms with Crippen molar-refractivity contribution in [3.05, 3.63) is 0 Å². The first-order chi connectivity index (χ1) is 7.47. The zero-order chi connectivity index (χ0) is 12.2. The van der Waals surface area contributed by atoms with E-state index in [0.717, 1.165) is 32.5 Å². The number of hydrogen-bond donors (Lipinski definition) is 0.